The summed E-state index contributed by atoms with van der Waals surface area (Å²) in [5.74, 6) is 0.599. The Labute approximate surface area is 197 Å². The molecule has 0 spiro atoms. The van der Waals surface area contributed by atoms with Crippen LogP contribution >= 0.6 is 0 Å². The second-order valence-corrected chi connectivity index (χ2v) is 10.9. The highest BCUT2D eigenvalue weighted by Gasteiger charge is 2.40. The Bertz CT molecular complexity index is 1080. The van der Waals surface area contributed by atoms with Crippen LogP contribution in [-0.2, 0) is 0 Å². The predicted molar refractivity (Wildman–Crippen MR) is 135 cm³/mol. The van der Waals surface area contributed by atoms with Crippen LogP contribution in [0.2, 0.25) is 0 Å². The molecule has 1 atom stereocenters. The summed E-state index contributed by atoms with van der Waals surface area (Å²) in [4.78, 5) is 4.82. The van der Waals surface area contributed by atoms with Gasteiger partial charge in [-0.3, -0.25) is 10.1 Å². The zero-order chi connectivity index (χ0) is 23.8. The zero-order valence-electron chi connectivity index (χ0n) is 20.4. The van der Waals surface area contributed by atoms with Gasteiger partial charge in [0.15, 0.2) is 0 Å². The largest absolute Gasteiger partial charge is 0.507 e. The minimum Gasteiger partial charge on any atom is -0.507 e. The number of nitrogens with two attached hydrogens (primary N) is 1. The Morgan fingerprint density at radius 3 is 2.48 bits per heavy atom. The molecule has 2 aliphatic rings. The second kappa shape index (κ2) is 8.92. The normalized spacial score (nSPS) is 21.6. The van der Waals surface area contributed by atoms with Gasteiger partial charge in [0.25, 0.3) is 0 Å². The number of hydrogen-bond donors (Lipinski definition) is 4. The number of aromatic amines is 1. The summed E-state index contributed by atoms with van der Waals surface area (Å²) in [6.07, 6.45) is 11.4. The van der Waals surface area contributed by atoms with Crippen molar-refractivity contribution >= 4 is 5.71 Å². The topological polar surface area (TPSA) is 99.3 Å². The molecule has 0 saturated carbocycles. The average Bonchev–Trinajstić information content (AvgIpc) is 3.18. The number of aromatic nitrogens is 2. The SMILES string of the molecule is CCC1=CC(c2ccc(-c3cn[nH]c3)cc2O)=NC=C(C(N)C2CC(C)(C)NC(C)(C)C2)C1. The number of aromatic hydroxyl groups is 1. The third kappa shape index (κ3) is 5.28. The van der Waals surface area contributed by atoms with Crippen molar-refractivity contribution in [3.8, 4) is 16.9 Å². The molecule has 6 nitrogen and oxygen atoms in total. The number of allylic oxidation sites excluding steroid dienone is 2. The molecule has 0 bridgehead atoms. The predicted octanol–water partition coefficient (Wildman–Crippen LogP) is 5.08. The first-order valence-electron chi connectivity index (χ1n) is 11.9. The minimum absolute atomic E-state index is 0.0410. The molecular weight excluding hydrogens is 410 g/mol. The number of piperidine rings is 1. The number of aliphatic imine (C=N–C) groups is 1. The summed E-state index contributed by atoms with van der Waals surface area (Å²) >= 11 is 0. The summed E-state index contributed by atoms with van der Waals surface area (Å²) in [5, 5.41) is 21.4. The molecule has 5 N–H and O–H groups in total. The van der Waals surface area contributed by atoms with Crippen molar-refractivity contribution in [2.75, 3.05) is 0 Å². The van der Waals surface area contributed by atoms with Gasteiger partial charge in [-0.15, -0.1) is 0 Å². The minimum atomic E-state index is -0.0410. The van der Waals surface area contributed by atoms with Crippen molar-refractivity contribution in [3.05, 3.63) is 59.6 Å². The summed E-state index contributed by atoms with van der Waals surface area (Å²) in [5.41, 5.74) is 12.8. The van der Waals surface area contributed by atoms with Gasteiger partial charge in [-0.1, -0.05) is 18.6 Å². The van der Waals surface area contributed by atoms with Crippen molar-refractivity contribution < 1.29 is 5.11 Å². The third-order valence-electron chi connectivity index (χ3n) is 6.86. The lowest BCUT2D eigenvalue weighted by Crippen LogP contribution is -2.60. The third-order valence-corrected chi connectivity index (χ3v) is 6.86. The first-order chi connectivity index (χ1) is 15.6. The van der Waals surface area contributed by atoms with Crippen LogP contribution in [-0.4, -0.2) is 38.1 Å². The summed E-state index contributed by atoms with van der Waals surface area (Å²) in [6, 6.07) is 5.64. The molecule has 2 aromatic rings. The summed E-state index contributed by atoms with van der Waals surface area (Å²) < 4.78 is 0. The van der Waals surface area contributed by atoms with Gasteiger partial charge in [0.05, 0.1) is 11.9 Å². The molecule has 33 heavy (non-hydrogen) atoms. The second-order valence-electron chi connectivity index (χ2n) is 10.9. The fourth-order valence-corrected chi connectivity index (χ4v) is 5.61. The maximum atomic E-state index is 10.8. The molecule has 3 heterocycles. The van der Waals surface area contributed by atoms with E-state index in [2.05, 4.69) is 56.2 Å². The van der Waals surface area contributed by atoms with E-state index in [0.29, 0.717) is 5.92 Å². The first-order valence-corrected chi connectivity index (χ1v) is 11.9. The van der Waals surface area contributed by atoms with Gasteiger partial charge in [0.2, 0.25) is 0 Å². The van der Waals surface area contributed by atoms with Crippen LogP contribution in [0.5, 0.6) is 5.75 Å². The molecule has 6 heteroatoms. The molecule has 1 unspecified atom stereocenters. The van der Waals surface area contributed by atoms with Gasteiger partial charge in [0, 0.05) is 40.6 Å². The van der Waals surface area contributed by atoms with Gasteiger partial charge in [-0.25, -0.2) is 0 Å². The van der Waals surface area contributed by atoms with E-state index in [1.54, 1.807) is 12.3 Å². The van der Waals surface area contributed by atoms with Gasteiger partial charge >= 0.3 is 0 Å². The van der Waals surface area contributed by atoms with Crippen LogP contribution in [0.1, 0.15) is 65.9 Å². The van der Waals surface area contributed by atoms with Gasteiger partial charge < -0.3 is 16.2 Å². The monoisotopic (exact) mass is 447 g/mol. The van der Waals surface area contributed by atoms with Crippen LogP contribution in [0.15, 0.2) is 59.0 Å². The van der Waals surface area contributed by atoms with Crippen molar-refractivity contribution in [1.29, 1.82) is 0 Å². The quantitative estimate of drug-likeness (QED) is 0.514. The highest BCUT2D eigenvalue weighted by atomic mass is 16.3. The van der Waals surface area contributed by atoms with Crippen LogP contribution in [0.4, 0.5) is 0 Å². The number of rotatable bonds is 5. The molecule has 176 valence electrons. The van der Waals surface area contributed by atoms with Crippen LogP contribution in [0.25, 0.3) is 11.1 Å². The number of phenolic OH excluding ortho intramolecular Hbond substituents is 1. The number of nitrogens with zero attached hydrogens (tertiary/aromatic N) is 2. The van der Waals surface area contributed by atoms with Crippen molar-refractivity contribution in [2.45, 2.75) is 77.4 Å². The Hall–Kier alpha value is -2.70. The van der Waals surface area contributed by atoms with E-state index in [0.717, 1.165) is 48.1 Å². The standard InChI is InChI=1S/C27H37N5O/c1-6-17-9-19(25(28)20-12-26(2,3)32-27(4,5)13-20)14-29-23(10-17)22-8-7-18(11-24(22)33)21-15-30-31-16-21/h7-8,10-11,14-16,20,25,32-33H,6,9,12-13,28H2,1-5H3,(H,30,31). The first kappa shape index (κ1) is 23.5. The number of phenols is 1. The number of benzene rings is 1. The highest BCUT2D eigenvalue weighted by Crippen LogP contribution is 2.37. The van der Waals surface area contributed by atoms with Crippen molar-refractivity contribution in [2.24, 2.45) is 16.6 Å². The maximum Gasteiger partial charge on any atom is 0.125 e. The highest BCUT2D eigenvalue weighted by molar-refractivity contribution is 6.11. The van der Waals surface area contributed by atoms with Crippen molar-refractivity contribution in [3.63, 3.8) is 0 Å². The van der Waals surface area contributed by atoms with E-state index >= 15 is 0 Å². The van der Waals surface area contributed by atoms with Crippen LogP contribution < -0.4 is 11.1 Å². The number of hydrogen-bond acceptors (Lipinski definition) is 5. The molecule has 1 aromatic heterocycles. The molecule has 2 aliphatic heterocycles. The molecule has 0 aliphatic carbocycles. The molecule has 1 saturated heterocycles. The van der Waals surface area contributed by atoms with Crippen molar-refractivity contribution in [1.82, 2.24) is 15.5 Å². The van der Waals surface area contributed by atoms with E-state index in [4.69, 9.17) is 10.7 Å². The van der Waals surface area contributed by atoms with E-state index in [9.17, 15) is 5.11 Å². The molecule has 1 aromatic carbocycles. The molecule has 0 amide bonds. The Morgan fingerprint density at radius 2 is 1.88 bits per heavy atom. The lowest BCUT2D eigenvalue weighted by molar-refractivity contribution is 0.119. The molecule has 1 fully saturated rings. The van der Waals surface area contributed by atoms with Crippen LogP contribution in [0.3, 0.4) is 0 Å². The smallest absolute Gasteiger partial charge is 0.125 e. The van der Waals surface area contributed by atoms with Gasteiger partial charge in [0.1, 0.15) is 5.75 Å². The maximum absolute atomic E-state index is 10.8. The lowest BCUT2D eigenvalue weighted by Gasteiger charge is -2.48. The summed E-state index contributed by atoms with van der Waals surface area (Å²) in [6.45, 7) is 11.2. The van der Waals surface area contributed by atoms with E-state index < -0.39 is 0 Å². The number of nitrogens with one attached hydrogen (secondary N) is 2. The Morgan fingerprint density at radius 1 is 1.15 bits per heavy atom. The number of H-pyrrole nitrogens is 1. The Kier molecular flexibility index (Phi) is 6.34. The molecule has 4 rings (SSSR count). The molecular formula is C27H37N5O. The van der Waals surface area contributed by atoms with Gasteiger partial charge in [-0.2, -0.15) is 5.10 Å². The Balaban J connectivity index is 1.64. The van der Waals surface area contributed by atoms with E-state index in [1.165, 1.54) is 11.1 Å². The lowest BCUT2D eigenvalue weighted by atomic mass is 9.71. The van der Waals surface area contributed by atoms with Crippen LogP contribution in [0, 0.1) is 5.92 Å². The van der Waals surface area contributed by atoms with E-state index in [-0.39, 0.29) is 22.9 Å². The zero-order valence-corrected chi connectivity index (χ0v) is 20.4. The fraction of sp³-hybridized carbons (Fsp3) is 0.481. The summed E-state index contributed by atoms with van der Waals surface area (Å²) in [7, 11) is 0. The van der Waals surface area contributed by atoms with E-state index in [1.807, 2.05) is 24.5 Å². The fourth-order valence-electron chi connectivity index (χ4n) is 5.61. The average molecular weight is 448 g/mol. The molecule has 0 radical (unpaired) electrons. The van der Waals surface area contributed by atoms with Gasteiger partial charge in [-0.05, 0) is 88.6 Å².